The highest BCUT2D eigenvalue weighted by atomic mass is 35.5. The molecule has 2 aromatic heterocycles. The molecular weight excluding hydrogens is 266 g/mol. The van der Waals surface area contributed by atoms with Gasteiger partial charge in [0, 0.05) is 28.6 Å². The molecule has 0 unspecified atom stereocenters. The van der Waals surface area contributed by atoms with Gasteiger partial charge in [-0.15, -0.1) is 0 Å². The standard InChI is InChI=1S/C13H8ClN3O2/c14-9-6-11-10-5-8(3-4-17(18)19)1-2-12(10)16-13(11)15-7-9/h1-7H,(H,15,16). The molecule has 0 radical (unpaired) electrons. The lowest BCUT2D eigenvalue weighted by atomic mass is 10.1. The van der Waals surface area contributed by atoms with Gasteiger partial charge in [0.25, 0.3) is 0 Å². The van der Waals surface area contributed by atoms with Crippen molar-refractivity contribution in [3.63, 3.8) is 0 Å². The molecule has 0 aliphatic heterocycles. The number of aromatic nitrogens is 2. The second kappa shape index (κ2) is 4.37. The Morgan fingerprint density at radius 2 is 2.16 bits per heavy atom. The number of hydrogen-bond acceptors (Lipinski definition) is 3. The number of aromatic amines is 1. The number of nitrogens with zero attached hydrogens (tertiary/aromatic N) is 2. The molecule has 0 saturated heterocycles. The van der Waals surface area contributed by atoms with Crippen LogP contribution in [0.5, 0.6) is 0 Å². The van der Waals surface area contributed by atoms with E-state index in [0.717, 1.165) is 33.7 Å². The van der Waals surface area contributed by atoms with Gasteiger partial charge in [-0.2, -0.15) is 0 Å². The van der Waals surface area contributed by atoms with E-state index in [0.29, 0.717) is 5.02 Å². The van der Waals surface area contributed by atoms with Crippen LogP contribution in [0.1, 0.15) is 5.56 Å². The molecule has 0 aliphatic carbocycles. The van der Waals surface area contributed by atoms with E-state index in [4.69, 9.17) is 11.6 Å². The summed E-state index contributed by atoms with van der Waals surface area (Å²) in [4.78, 5) is 17.2. The summed E-state index contributed by atoms with van der Waals surface area (Å²) in [6, 6.07) is 7.36. The van der Waals surface area contributed by atoms with Gasteiger partial charge in [0.05, 0.1) is 9.95 Å². The topological polar surface area (TPSA) is 71.8 Å². The molecule has 0 amide bonds. The number of hydrogen-bond donors (Lipinski definition) is 1. The molecule has 0 fully saturated rings. The lowest BCUT2D eigenvalue weighted by Gasteiger charge is -1.94. The number of nitrogens with one attached hydrogen (secondary N) is 1. The number of rotatable bonds is 2. The molecule has 6 heteroatoms. The van der Waals surface area contributed by atoms with E-state index in [9.17, 15) is 10.1 Å². The molecule has 0 spiro atoms. The van der Waals surface area contributed by atoms with Crippen LogP contribution >= 0.6 is 11.6 Å². The van der Waals surface area contributed by atoms with Crippen molar-refractivity contribution >= 4 is 39.6 Å². The van der Waals surface area contributed by atoms with Gasteiger partial charge in [-0.25, -0.2) is 4.98 Å². The second-order valence-corrected chi connectivity index (χ2v) is 4.52. The number of H-pyrrole nitrogens is 1. The highest BCUT2D eigenvalue weighted by Gasteiger charge is 2.06. The van der Waals surface area contributed by atoms with Crippen LogP contribution in [0.4, 0.5) is 0 Å². The zero-order valence-electron chi connectivity index (χ0n) is 9.63. The van der Waals surface area contributed by atoms with Crippen LogP contribution < -0.4 is 0 Å². The number of pyridine rings is 1. The summed E-state index contributed by atoms with van der Waals surface area (Å²) in [5.41, 5.74) is 2.42. The van der Waals surface area contributed by atoms with Gasteiger partial charge in [0.1, 0.15) is 5.65 Å². The van der Waals surface area contributed by atoms with E-state index in [2.05, 4.69) is 9.97 Å². The Kier molecular flexibility index (Phi) is 2.68. The first-order valence-corrected chi connectivity index (χ1v) is 5.90. The fourth-order valence-electron chi connectivity index (χ4n) is 2.02. The van der Waals surface area contributed by atoms with Crippen molar-refractivity contribution in [3.05, 3.63) is 57.4 Å². The third-order valence-electron chi connectivity index (χ3n) is 2.83. The van der Waals surface area contributed by atoms with E-state index < -0.39 is 4.92 Å². The maximum absolute atomic E-state index is 10.3. The SMILES string of the molecule is O=[N+]([O-])C=Cc1ccc2[nH]c3ncc(Cl)cc3c2c1. The van der Waals surface area contributed by atoms with Gasteiger partial charge >= 0.3 is 0 Å². The zero-order valence-corrected chi connectivity index (χ0v) is 10.4. The molecule has 3 rings (SSSR count). The first-order chi connectivity index (χ1) is 9.13. The van der Waals surface area contributed by atoms with E-state index in [1.165, 1.54) is 6.08 Å². The number of fused-ring (bicyclic) bond motifs is 3. The quantitative estimate of drug-likeness (QED) is 0.572. The molecule has 94 valence electrons. The molecule has 0 saturated carbocycles. The molecule has 3 aromatic rings. The first kappa shape index (κ1) is 11.7. The van der Waals surface area contributed by atoms with Crippen molar-refractivity contribution in [2.75, 3.05) is 0 Å². The summed E-state index contributed by atoms with van der Waals surface area (Å²) in [6.45, 7) is 0. The summed E-state index contributed by atoms with van der Waals surface area (Å²) in [5, 5.41) is 12.7. The maximum Gasteiger partial charge on any atom is 0.235 e. The van der Waals surface area contributed by atoms with Crippen molar-refractivity contribution in [2.24, 2.45) is 0 Å². The van der Waals surface area contributed by atoms with E-state index in [1.54, 1.807) is 12.3 Å². The van der Waals surface area contributed by atoms with E-state index in [1.807, 2.05) is 18.2 Å². The van der Waals surface area contributed by atoms with Gasteiger partial charge < -0.3 is 4.98 Å². The third kappa shape index (κ3) is 2.15. The normalized spacial score (nSPS) is 11.6. The monoisotopic (exact) mass is 273 g/mol. The Labute approximate surface area is 112 Å². The highest BCUT2D eigenvalue weighted by Crippen LogP contribution is 2.27. The van der Waals surface area contributed by atoms with Crippen molar-refractivity contribution in [1.29, 1.82) is 0 Å². The van der Waals surface area contributed by atoms with Gasteiger partial charge in [-0.1, -0.05) is 17.7 Å². The predicted octanol–water partition coefficient (Wildman–Crippen LogP) is 3.62. The molecular formula is C13H8ClN3O2. The van der Waals surface area contributed by atoms with Crippen molar-refractivity contribution < 1.29 is 4.92 Å². The molecule has 0 aliphatic rings. The zero-order chi connectivity index (χ0) is 13.4. The minimum absolute atomic E-state index is 0.488. The minimum Gasteiger partial charge on any atom is -0.339 e. The van der Waals surface area contributed by atoms with Crippen molar-refractivity contribution in [3.8, 4) is 0 Å². The average Bonchev–Trinajstić information content (AvgIpc) is 2.74. The summed E-state index contributed by atoms with van der Waals surface area (Å²) in [6.07, 6.45) is 3.95. The Morgan fingerprint density at radius 1 is 1.32 bits per heavy atom. The molecule has 2 heterocycles. The van der Waals surface area contributed by atoms with Gasteiger partial charge in [-0.05, 0) is 23.8 Å². The molecule has 19 heavy (non-hydrogen) atoms. The van der Waals surface area contributed by atoms with Gasteiger partial charge in [-0.3, -0.25) is 10.1 Å². The highest BCUT2D eigenvalue weighted by molar-refractivity contribution is 6.31. The van der Waals surface area contributed by atoms with E-state index >= 15 is 0 Å². The van der Waals surface area contributed by atoms with Crippen LogP contribution in [0.3, 0.4) is 0 Å². The fraction of sp³-hybridized carbons (Fsp3) is 0. The van der Waals surface area contributed by atoms with Gasteiger partial charge in [0.15, 0.2) is 0 Å². The maximum atomic E-state index is 10.3. The minimum atomic E-state index is -0.488. The Balaban J connectivity index is 2.23. The summed E-state index contributed by atoms with van der Waals surface area (Å²) < 4.78 is 0. The van der Waals surface area contributed by atoms with Crippen LogP contribution in [0.15, 0.2) is 36.7 Å². The molecule has 1 aromatic carbocycles. The Morgan fingerprint density at radius 3 is 2.95 bits per heavy atom. The lowest BCUT2D eigenvalue weighted by molar-refractivity contribution is -0.400. The van der Waals surface area contributed by atoms with Crippen LogP contribution in [0, 0.1) is 10.1 Å². The largest absolute Gasteiger partial charge is 0.339 e. The Hall–Kier alpha value is -2.40. The van der Waals surface area contributed by atoms with Crippen molar-refractivity contribution in [2.45, 2.75) is 0 Å². The van der Waals surface area contributed by atoms with Crippen molar-refractivity contribution in [1.82, 2.24) is 9.97 Å². The molecule has 0 atom stereocenters. The first-order valence-electron chi connectivity index (χ1n) is 5.52. The number of halogens is 1. The Bertz CT molecular complexity index is 823. The second-order valence-electron chi connectivity index (χ2n) is 4.08. The van der Waals surface area contributed by atoms with Crippen LogP contribution in [0.25, 0.3) is 28.0 Å². The average molecular weight is 274 g/mol. The van der Waals surface area contributed by atoms with E-state index in [-0.39, 0.29) is 0 Å². The molecule has 1 N–H and O–H groups in total. The van der Waals surface area contributed by atoms with Crippen LogP contribution in [-0.4, -0.2) is 14.9 Å². The van der Waals surface area contributed by atoms with Crippen LogP contribution in [-0.2, 0) is 0 Å². The lowest BCUT2D eigenvalue weighted by Crippen LogP contribution is -1.82. The molecule has 0 bridgehead atoms. The third-order valence-corrected chi connectivity index (χ3v) is 3.04. The summed E-state index contributed by atoms with van der Waals surface area (Å²) >= 11 is 5.94. The smallest absolute Gasteiger partial charge is 0.235 e. The summed E-state index contributed by atoms with van der Waals surface area (Å²) in [7, 11) is 0. The van der Waals surface area contributed by atoms with Crippen LogP contribution in [0.2, 0.25) is 5.02 Å². The predicted molar refractivity (Wildman–Crippen MR) is 74.6 cm³/mol. The molecule has 5 nitrogen and oxygen atoms in total. The fourth-order valence-corrected chi connectivity index (χ4v) is 2.17. The summed E-state index contributed by atoms with van der Waals surface area (Å²) in [5.74, 6) is 0. The van der Waals surface area contributed by atoms with Gasteiger partial charge in [0.2, 0.25) is 6.20 Å². The number of benzene rings is 1. The number of nitro groups is 1.